The molecule has 7 rings (SSSR count). The van der Waals surface area contributed by atoms with E-state index in [1.165, 1.54) is 0 Å². The largest absolute Gasteiger partial charge is 0.490 e. The Hall–Kier alpha value is -3.12. The van der Waals surface area contributed by atoms with Crippen molar-refractivity contribution in [3.8, 4) is 0 Å². The van der Waals surface area contributed by atoms with Crippen LogP contribution in [0, 0.1) is 0 Å². The molecule has 3 aromatic rings. The quantitative estimate of drug-likeness (QED) is 0.231. The average Bonchev–Trinajstić information content (AvgIpc) is 3.58. The Balaban J connectivity index is 1.16. The van der Waals surface area contributed by atoms with Crippen molar-refractivity contribution in [1.29, 1.82) is 0 Å². The summed E-state index contributed by atoms with van der Waals surface area (Å²) >= 11 is 0. The molecule has 0 N–H and O–H groups in total. The topological polar surface area (TPSA) is 83.1 Å². The second-order valence-corrected chi connectivity index (χ2v) is 13.7. The standard InChI is InChI=1S/C39H46O9/c1-38(2)45-34-31(44-37-36(35(34)46-38)47-39(3,4)48-37)21-29-20-30(41-23-27-16-10-6-11-17-27)33(42-24-28-18-12-7-13-19-28)32(43-29)25-40-22-26-14-8-5-9-15-26/h5-19,21,30-37H,20,22-25H2,1-4H3/b29-21-/t30-,31-,32-,33+,34+,35+,36-,37-/m1/s1. The molecule has 0 bridgehead atoms. The van der Waals surface area contributed by atoms with Gasteiger partial charge in [-0.15, -0.1) is 0 Å². The molecule has 4 aliphatic heterocycles. The van der Waals surface area contributed by atoms with Crippen LogP contribution in [0.2, 0.25) is 0 Å². The molecule has 4 fully saturated rings. The zero-order valence-corrected chi connectivity index (χ0v) is 28.1. The van der Waals surface area contributed by atoms with Crippen LogP contribution >= 0.6 is 0 Å². The number of fused-ring (bicyclic) bond motifs is 3. The summed E-state index contributed by atoms with van der Waals surface area (Å²) in [5, 5.41) is 0. The number of rotatable bonds is 11. The molecule has 0 saturated carbocycles. The highest BCUT2D eigenvalue weighted by Gasteiger charge is 2.60. The van der Waals surface area contributed by atoms with E-state index in [0.717, 1.165) is 22.4 Å². The Kier molecular flexibility index (Phi) is 10.0. The Morgan fingerprint density at radius 3 is 1.83 bits per heavy atom. The van der Waals surface area contributed by atoms with Gasteiger partial charge in [0.05, 0.1) is 38.3 Å². The van der Waals surface area contributed by atoms with Crippen LogP contribution in [0.25, 0.3) is 0 Å². The van der Waals surface area contributed by atoms with Crippen molar-refractivity contribution in [1.82, 2.24) is 0 Å². The second kappa shape index (κ2) is 14.4. The summed E-state index contributed by atoms with van der Waals surface area (Å²) < 4.78 is 57.9. The summed E-state index contributed by atoms with van der Waals surface area (Å²) in [6, 6.07) is 30.4. The van der Waals surface area contributed by atoms with Crippen molar-refractivity contribution in [3.05, 3.63) is 120 Å². The maximum atomic E-state index is 6.75. The van der Waals surface area contributed by atoms with Gasteiger partial charge in [0.2, 0.25) is 0 Å². The van der Waals surface area contributed by atoms with Crippen molar-refractivity contribution < 1.29 is 42.6 Å². The second-order valence-electron chi connectivity index (χ2n) is 13.7. The molecule has 9 nitrogen and oxygen atoms in total. The van der Waals surface area contributed by atoms with E-state index in [4.69, 9.17) is 42.6 Å². The first kappa shape index (κ1) is 33.4. The van der Waals surface area contributed by atoms with E-state index in [1.807, 2.05) is 101 Å². The fraction of sp³-hybridized carbons (Fsp3) is 0.487. The highest BCUT2D eigenvalue weighted by Crippen LogP contribution is 2.45. The first-order valence-electron chi connectivity index (χ1n) is 16.9. The normalized spacial score (nSPS) is 32.8. The van der Waals surface area contributed by atoms with Gasteiger partial charge in [0.1, 0.15) is 30.5 Å². The first-order chi connectivity index (χ1) is 23.2. The van der Waals surface area contributed by atoms with Crippen molar-refractivity contribution in [3.63, 3.8) is 0 Å². The molecule has 8 atom stereocenters. The van der Waals surface area contributed by atoms with Gasteiger partial charge in [-0.25, -0.2) is 0 Å². The number of ether oxygens (including phenoxy) is 9. The summed E-state index contributed by atoms with van der Waals surface area (Å²) in [7, 11) is 0. The van der Waals surface area contributed by atoms with Gasteiger partial charge in [0.25, 0.3) is 0 Å². The molecule has 0 aliphatic carbocycles. The monoisotopic (exact) mass is 658 g/mol. The predicted molar refractivity (Wildman–Crippen MR) is 176 cm³/mol. The van der Waals surface area contributed by atoms with Crippen LogP contribution in [0.5, 0.6) is 0 Å². The fourth-order valence-electron chi connectivity index (χ4n) is 6.84. The third-order valence-corrected chi connectivity index (χ3v) is 8.96. The molecule has 0 radical (unpaired) electrons. The van der Waals surface area contributed by atoms with Crippen LogP contribution in [-0.4, -0.2) is 67.2 Å². The zero-order valence-electron chi connectivity index (χ0n) is 28.1. The van der Waals surface area contributed by atoms with E-state index in [-0.39, 0.29) is 12.2 Å². The Morgan fingerprint density at radius 2 is 1.19 bits per heavy atom. The van der Waals surface area contributed by atoms with Gasteiger partial charge in [-0.1, -0.05) is 91.0 Å². The molecule has 4 heterocycles. The lowest BCUT2D eigenvalue weighted by atomic mass is 9.95. The van der Waals surface area contributed by atoms with Crippen molar-refractivity contribution in [2.45, 2.75) is 115 Å². The maximum Gasteiger partial charge on any atom is 0.190 e. The van der Waals surface area contributed by atoms with Gasteiger partial charge in [0.15, 0.2) is 24.0 Å². The van der Waals surface area contributed by atoms with Crippen LogP contribution in [-0.2, 0) is 62.5 Å². The SMILES string of the molecule is CC1(C)O[C@H]2[C@@H](O1)[C@@H](/C=C1/C[C@@H](OCc3ccccc3)[C@H](OCc3ccccc3)[C@@H](COCc3ccccc3)O1)O[C@@H]1OC(C)(C)O[C@@H]12. The van der Waals surface area contributed by atoms with Gasteiger partial charge < -0.3 is 42.6 Å². The molecule has 0 spiro atoms. The van der Waals surface area contributed by atoms with Crippen molar-refractivity contribution in [2.24, 2.45) is 0 Å². The molecule has 0 unspecified atom stereocenters. The van der Waals surface area contributed by atoms with E-state index in [1.54, 1.807) is 0 Å². The van der Waals surface area contributed by atoms with Gasteiger partial charge in [0, 0.05) is 6.42 Å². The van der Waals surface area contributed by atoms with E-state index in [9.17, 15) is 0 Å². The van der Waals surface area contributed by atoms with Gasteiger partial charge in [-0.05, 0) is 50.5 Å². The summed E-state index contributed by atoms with van der Waals surface area (Å²) in [5.41, 5.74) is 3.24. The lowest BCUT2D eigenvalue weighted by Crippen LogP contribution is -2.54. The van der Waals surface area contributed by atoms with Gasteiger partial charge in [-0.2, -0.15) is 0 Å². The predicted octanol–water partition coefficient (Wildman–Crippen LogP) is 6.44. The molecule has 9 heteroatoms. The maximum absolute atomic E-state index is 6.75. The van der Waals surface area contributed by atoms with Crippen LogP contribution in [0.3, 0.4) is 0 Å². The smallest absolute Gasteiger partial charge is 0.190 e. The lowest BCUT2D eigenvalue weighted by molar-refractivity contribution is -0.224. The third-order valence-electron chi connectivity index (χ3n) is 8.96. The molecular weight excluding hydrogens is 612 g/mol. The van der Waals surface area contributed by atoms with Crippen LogP contribution in [0.1, 0.15) is 50.8 Å². The van der Waals surface area contributed by atoms with E-state index in [0.29, 0.717) is 32.8 Å². The van der Waals surface area contributed by atoms with E-state index >= 15 is 0 Å². The summed E-state index contributed by atoms with van der Waals surface area (Å²) in [4.78, 5) is 0. The number of benzene rings is 3. The minimum atomic E-state index is -0.806. The molecule has 48 heavy (non-hydrogen) atoms. The third kappa shape index (κ3) is 8.01. The first-order valence-corrected chi connectivity index (χ1v) is 16.9. The van der Waals surface area contributed by atoms with Crippen LogP contribution < -0.4 is 0 Å². The van der Waals surface area contributed by atoms with Crippen LogP contribution in [0.15, 0.2) is 103 Å². The van der Waals surface area contributed by atoms with Crippen LogP contribution in [0.4, 0.5) is 0 Å². The van der Waals surface area contributed by atoms with Gasteiger partial charge >= 0.3 is 0 Å². The lowest BCUT2D eigenvalue weighted by Gasteiger charge is -2.40. The summed E-state index contributed by atoms with van der Waals surface area (Å²) in [5.74, 6) is -0.894. The average molecular weight is 659 g/mol. The van der Waals surface area contributed by atoms with E-state index < -0.39 is 48.4 Å². The van der Waals surface area contributed by atoms with E-state index in [2.05, 4.69) is 24.3 Å². The number of hydrogen-bond donors (Lipinski definition) is 0. The Bertz CT molecular complexity index is 1500. The highest BCUT2D eigenvalue weighted by atomic mass is 16.9. The molecule has 4 aliphatic rings. The molecule has 0 aromatic heterocycles. The minimum Gasteiger partial charge on any atom is -0.490 e. The fourth-order valence-corrected chi connectivity index (χ4v) is 6.84. The van der Waals surface area contributed by atoms with Crippen molar-refractivity contribution in [2.75, 3.05) is 6.61 Å². The van der Waals surface area contributed by atoms with Gasteiger partial charge in [-0.3, -0.25) is 0 Å². The minimum absolute atomic E-state index is 0.303. The molecule has 3 aromatic carbocycles. The molecular formula is C39H46O9. The highest BCUT2D eigenvalue weighted by molar-refractivity contribution is 5.17. The summed E-state index contributed by atoms with van der Waals surface area (Å²) in [6.45, 7) is 9.18. The zero-order chi connectivity index (χ0) is 33.1. The van der Waals surface area contributed by atoms with Crippen molar-refractivity contribution >= 4 is 0 Å². The molecule has 4 saturated heterocycles. The Morgan fingerprint density at radius 1 is 0.646 bits per heavy atom. The molecule has 256 valence electrons. The molecule has 0 amide bonds. The Labute approximate surface area is 283 Å². The number of hydrogen-bond acceptors (Lipinski definition) is 9. The summed E-state index contributed by atoms with van der Waals surface area (Å²) in [6.07, 6.45) is -1.03.